The number of sulfone groups is 1. The summed E-state index contributed by atoms with van der Waals surface area (Å²) in [4.78, 5) is 16.6. The van der Waals surface area contributed by atoms with Gasteiger partial charge < -0.3 is 9.30 Å². The van der Waals surface area contributed by atoms with Gasteiger partial charge >= 0.3 is 0 Å². The molecule has 1 amide bonds. The molecule has 0 saturated carbocycles. The minimum absolute atomic E-state index is 0.0219. The number of fused-ring (bicyclic) bond motifs is 1. The monoisotopic (exact) mass is 408 g/mol. The topological polar surface area (TPSA) is 77.7 Å². The largest absolute Gasteiger partial charge is 0.497 e. The van der Waals surface area contributed by atoms with Gasteiger partial charge in [-0.25, -0.2) is 12.8 Å². The molecular formula is C18H17FN2O4S2. The van der Waals surface area contributed by atoms with E-state index >= 15 is 0 Å². The van der Waals surface area contributed by atoms with E-state index in [0.717, 1.165) is 16.9 Å². The Balaban J connectivity index is 1.93. The number of ether oxygens (including phenoxy) is 1. The summed E-state index contributed by atoms with van der Waals surface area (Å²) in [6.45, 7) is 2.39. The molecule has 6 nitrogen and oxygen atoms in total. The average molecular weight is 408 g/mol. The smallest absolute Gasteiger partial charge is 0.263 e. The second-order valence-corrected chi connectivity index (χ2v) is 8.68. The van der Waals surface area contributed by atoms with E-state index in [1.165, 1.54) is 43.5 Å². The summed E-state index contributed by atoms with van der Waals surface area (Å²) in [5, 5.41) is 0. The number of amides is 1. The summed E-state index contributed by atoms with van der Waals surface area (Å²) in [5.41, 5.74) is 0.744. The van der Waals surface area contributed by atoms with Crippen molar-refractivity contribution in [2.75, 3.05) is 12.9 Å². The lowest BCUT2D eigenvalue weighted by Crippen LogP contribution is -2.20. The molecule has 0 fully saturated rings. The minimum atomic E-state index is -3.82. The molecular weight excluding hydrogens is 391 g/mol. The molecule has 0 aliphatic carbocycles. The highest BCUT2D eigenvalue weighted by Gasteiger charge is 2.19. The summed E-state index contributed by atoms with van der Waals surface area (Å²) < 4.78 is 45.7. The molecule has 0 radical (unpaired) electrons. The third-order valence-electron chi connectivity index (χ3n) is 3.91. The van der Waals surface area contributed by atoms with Crippen LogP contribution < -0.4 is 9.54 Å². The minimum Gasteiger partial charge on any atom is -0.497 e. The first-order valence-corrected chi connectivity index (χ1v) is 10.5. The predicted molar refractivity (Wildman–Crippen MR) is 101 cm³/mol. The molecule has 9 heteroatoms. The van der Waals surface area contributed by atoms with Crippen LogP contribution in [0.3, 0.4) is 0 Å². The van der Waals surface area contributed by atoms with Gasteiger partial charge in [0.25, 0.3) is 5.91 Å². The normalized spacial score (nSPS) is 12.5. The lowest BCUT2D eigenvalue weighted by Gasteiger charge is -2.04. The molecule has 0 saturated heterocycles. The van der Waals surface area contributed by atoms with Crippen molar-refractivity contribution in [1.29, 1.82) is 0 Å². The van der Waals surface area contributed by atoms with Crippen LogP contribution in [0.5, 0.6) is 5.75 Å². The highest BCUT2D eigenvalue weighted by Crippen LogP contribution is 2.19. The van der Waals surface area contributed by atoms with Gasteiger partial charge in [0, 0.05) is 6.54 Å². The van der Waals surface area contributed by atoms with E-state index in [0.29, 0.717) is 21.8 Å². The average Bonchev–Trinajstić information content (AvgIpc) is 2.96. The first-order valence-electron chi connectivity index (χ1n) is 8.07. The number of aryl methyl sites for hydroxylation is 1. The maximum Gasteiger partial charge on any atom is 0.263 e. The quantitative estimate of drug-likeness (QED) is 0.650. The van der Waals surface area contributed by atoms with Crippen LogP contribution in [0.1, 0.15) is 6.92 Å². The number of thiazole rings is 1. The van der Waals surface area contributed by atoms with Crippen molar-refractivity contribution < 1.29 is 22.3 Å². The lowest BCUT2D eigenvalue weighted by atomic mass is 10.3. The molecule has 27 heavy (non-hydrogen) atoms. The van der Waals surface area contributed by atoms with Crippen LogP contribution in [0.4, 0.5) is 4.39 Å². The highest BCUT2D eigenvalue weighted by molar-refractivity contribution is 7.92. The number of rotatable bonds is 5. The van der Waals surface area contributed by atoms with Crippen LogP contribution in [0.2, 0.25) is 0 Å². The number of nitrogens with zero attached hydrogens (tertiary/aromatic N) is 2. The van der Waals surface area contributed by atoms with E-state index in [2.05, 4.69) is 4.99 Å². The van der Waals surface area contributed by atoms with Gasteiger partial charge in [-0.3, -0.25) is 4.79 Å². The molecule has 2 aromatic carbocycles. The van der Waals surface area contributed by atoms with Crippen molar-refractivity contribution in [2.45, 2.75) is 18.4 Å². The number of carbonyl (C=O) groups is 1. The predicted octanol–water partition coefficient (Wildman–Crippen LogP) is 2.77. The van der Waals surface area contributed by atoms with Crippen LogP contribution in [0.15, 0.2) is 52.4 Å². The Hall–Kier alpha value is -2.52. The second-order valence-electron chi connectivity index (χ2n) is 5.68. The number of hydrogen-bond donors (Lipinski definition) is 0. The molecule has 1 heterocycles. The summed E-state index contributed by atoms with van der Waals surface area (Å²) in [6.07, 6.45) is 0. The van der Waals surface area contributed by atoms with Gasteiger partial charge in [-0.2, -0.15) is 4.99 Å². The highest BCUT2D eigenvalue weighted by atomic mass is 32.2. The van der Waals surface area contributed by atoms with E-state index in [1.54, 1.807) is 10.6 Å². The number of aromatic nitrogens is 1. The van der Waals surface area contributed by atoms with Crippen LogP contribution in [0.25, 0.3) is 10.2 Å². The van der Waals surface area contributed by atoms with Gasteiger partial charge in [-0.1, -0.05) is 11.3 Å². The fraction of sp³-hybridized carbons (Fsp3) is 0.222. The summed E-state index contributed by atoms with van der Waals surface area (Å²) >= 11 is 1.14. The second kappa shape index (κ2) is 7.61. The van der Waals surface area contributed by atoms with Crippen LogP contribution in [-0.4, -0.2) is 31.8 Å². The van der Waals surface area contributed by atoms with Gasteiger partial charge in [0.2, 0.25) is 0 Å². The number of hydrogen-bond acceptors (Lipinski definition) is 5. The van der Waals surface area contributed by atoms with Gasteiger partial charge in [-0.05, 0) is 49.4 Å². The molecule has 3 aromatic rings. The first-order chi connectivity index (χ1) is 12.8. The van der Waals surface area contributed by atoms with Gasteiger partial charge in [0.1, 0.15) is 17.3 Å². The van der Waals surface area contributed by atoms with E-state index in [4.69, 9.17) is 4.74 Å². The zero-order valence-electron chi connectivity index (χ0n) is 14.7. The van der Waals surface area contributed by atoms with Crippen molar-refractivity contribution in [3.8, 4) is 5.75 Å². The van der Waals surface area contributed by atoms with Crippen LogP contribution in [-0.2, 0) is 21.2 Å². The van der Waals surface area contributed by atoms with Crippen molar-refractivity contribution in [1.82, 2.24) is 4.57 Å². The van der Waals surface area contributed by atoms with Gasteiger partial charge in [-0.15, -0.1) is 0 Å². The summed E-state index contributed by atoms with van der Waals surface area (Å²) in [6, 6.07) is 10.1. The summed E-state index contributed by atoms with van der Waals surface area (Å²) in [5.74, 6) is -1.38. The Labute approximate surface area is 159 Å². The van der Waals surface area contributed by atoms with Gasteiger partial charge in [0.15, 0.2) is 14.6 Å². The molecule has 0 N–H and O–H groups in total. The zero-order chi connectivity index (χ0) is 19.6. The molecule has 0 atom stereocenters. The van der Waals surface area contributed by atoms with E-state index in [-0.39, 0.29) is 10.7 Å². The van der Waals surface area contributed by atoms with E-state index in [9.17, 15) is 17.6 Å². The zero-order valence-corrected chi connectivity index (χ0v) is 16.3. The molecule has 3 rings (SSSR count). The van der Waals surface area contributed by atoms with Crippen molar-refractivity contribution in [3.05, 3.63) is 53.1 Å². The molecule has 0 bridgehead atoms. The SMILES string of the molecule is CCn1c(=NC(=O)CS(=O)(=O)c2ccc(OC)cc2)sc2cc(F)ccc21. The number of methoxy groups -OCH3 is 1. The number of halogens is 1. The standard InChI is InChI=1S/C18H17FN2O4S2/c1-3-21-15-9-4-12(19)10-16(15)26-18(21)20-17(22)11-27(23,24)14-7-5-13(25-2)6-8-14/h4-10H,3,11H2,1-2H3. The van der Waals surface area contributed by atoms with E-state index in [1.807, 2.05) is 6.92 Å². The molecule has 0 spiro atoms. The van der Waals surface area contributed by atoms with Crippen LogP contribution >= 0.6 is 11.3 Å². The first kappa shape index (κ1) is 19.2. The van der Waals surface area contributed by atoms with Crippen molar-refractivity contribution in [2.24, 2.45) is 4.99 Å². The van der Waals surface area contributed by atoms with Crippen molar-refractivity contribution in [3.63, 3.8) is 0 Å². The fourth-order valence-electron chi connectivity index (χ4n) is 2.61. The molecule has 142 valence electrons. The molecule has 1 aromatic heterocycles. The Morgan fingerprint density at radius 1 is 1.22 bits per heavy atom. The lowest BCUT2D eigenvalue weighted by molar-refractivity contribution is -0.115. The number of carbonyl (C=O) groups excluding carboxylic acids is 1. The molecule has 0 unspecified atom stereocenters. The van der Waals surface area contributed by atoms with Crippen molar-refractivity contribution >= 4 is 37.3 Å². The maximum atomic E-state index is 13.4. The third-order valence-corrected chi connectivity index (χ3v) is 6.57. The third kappa shape index (κ3) is 4.09. The summed E-state index contributed by atoms with van der Waals surface area (Å²) in [7, 11) is -2.35. The van der Waals surface area contributed by atoms with Crippen LogP contribution in [0, 0.1) is 5.82 Å². The number of benzene rings is 2. The Kier molecular flexibility index (Phi) is 5.43. The Bertz CT molecular complexity index is 1160. The Morgan fingerprint density at radius 2 is 1.93 bits per heavy atom. The van der Waals surface area contributed by atoms with Gasteiger partial charge in [0.05, 0.1) is 22.2 Å². The fourth-order valence-corrected chi connectivity index (χ4v) is 4.85. The Morgan fingerprint density at radius 3 is 2.56 bits per heavy atom. The maximum absolute atomic E-state index is 13.4. The van der Waals surface area contributed by atoms with E-state index < -0.39 is 21.5 Å². The molecule has 0 aliphatic heterocycles. The molecule has 0 aliphatic rings.